The van der Waals surface area contributed by atoms with Gasteiger partial charge >= 0.3 is 6.03 Å². The van der Waals surface area contributed by atoms with Gasteiger partial charge in [0.1, 0.15) is 0 Å². The predicted octanol–water partition coefficient (Wildman–Crippen LogP) is 3.79. The minimum atomic E-state index is -3.59. The van der Waals surface area contributed by atoms with Crippen molar-refractivity contribution in [2.45, 2.75) is 31.3 Å². The number of rotatable bonds is 7. The van der Waals surface area contributed by atoms with Gasteiger partial charge in [-0.3, -0.25) is 0 Å². The molecule has 0 bridgehead atoms. The molecule has 28 heavy (non-hydrogen) atoms. The number of halogens is 1. The fraction of sp³-hybridized carbons (Fsp3) is 0.350. The van der Waals surface area contributed by atoms with E-state index in [0.29, 0.717) is 10.6 Å². The molecule has 0 unspecified atom stereocenters. The SMILES string of the molecule is CC(C)[C@@H](NC(=O)NCc1ccccc1S(=O)(=O)N(C)C)c1ccc(Cl)cc1. The van der Waals surface area contributed by atoms with E-state index in [1.165, 1.54) is 20.2 Å². The van der Waals surface area contributed by atoms with Crippen molar-refractivity contribution in [3.8, 4) is 0 Å². The quantitative estimate of drug-likeness (QED) is 0.711. The third kappa shape index (κ3) is 5.47. The molecule has 0 aliphatic heterocycles. The second-order valence-electron chi connectivity index (χ2n) is 7.00. The Balaban J connectivity index is 2.11. The summed E-state index contributed by atoms with van der Waals surface area (Å²) in [7, 11) is -0.634. The molecule has 2 aromatic carbocycles. The van der Waals surface area contributed by atoms with Gasteiger partial charge in [-0.05, 0) is 35.2 Å². The lowest BCUT2D eigenvalue weighted by Gasteiger charge is -2.23. The largest absolute Gasteiger partial charge is 0.334 e. The highest BCUT2D eigenvalue weighted by Gasteiger charge is 2.22. The average molecular weight is 424 g/mol. The molecule has 0 aromatic heterocycles. The van der Waals surface area contributed by atoms with Gasteiger partial charge < -0.3 is 10.6 Å². The number of carbonyl (C=O) groups is 1. The summed E-state index contributed by atoms with van der Waals surface area (Å²) in [6.45, 7) is 4.12. The Morgan fingerprint density at radius 2 is 1.68 bits per heavy atom. The first-order valence-corrected chi connectivity index (χ1v) is 10.7. The van der Waals surface area contributed by atoms with E-state index in [0.717, 1.165) is 9.87 Å². The van der Waals surface area contributed by atoms with E-state index >= 15 is 0 Å². The molecule has 8 heteroatoms. The van der Waals surface area contributed by atoms with Crippen LogP contribution in [0, 0.1) is 5.92 Å². The summed E-state index contributed by atoms with van der Waals surface area (Å²) in [6.07, 6.45) is 0. The molecular weight excluding hydrogens is 398 g/mol. The molecule has 0 fully saturated rings. The van der Waals surface area contributed by atoms with Crippen molar-refractivity contribution in [1.29, 1.82) is 0 Å². The van der Waals surface area contributed by atoms with Crippen LogP contribution in [0.5, 0.6) is 0 Å². The third-order valence-electron chi connectivity index (χ3n) is 4.35. The zero-order valence-electron chi connectivity index (χ0n) is 16.4. The standard InChI is InChI=1S/C20H26ClN3O3S/c1-14(2)19(15-9-11-17(21)12-10-15)23-20(25)22-13-16-7-5-6-8-18(16)28(26,27)24(3)4/h5-12,14,19H,13H2,1-4H3,(H2,22,23,25)/t19-/m1/s1. The molecule has 0 saturated carbocycles. The number of carbonyl (C=O) groups excluding carboxylic acids is 1. The Morgan fingerprint density at radius 1 is 1.07 bits per heavy atom. The van der Waals surface area contributed by atoms with Crippen LogP contribution in [0.1, 0.15) is 31.0 Å². The number of nitrogens with one attached hydrogen (secondary N) is 2. The zero-order valence-corrected chi connectivity index (χ0v) is 18.0. The second kappa shape index (κ2) is 9.41. The van der Waals surface area contributed by atoms with E-state index in [9.17, 15) is 13.2 Å². The fourth-order valence-corrected chi connectivity index (χ4v) is 4.01. The van der Waals surface area contributed by atoms with Crippen LogP contribution in [0.25, 0.3) is 0 Å². The van der Waals surface area contributed by atoms with Crippen LogP contribution in [-0.4, -0.2) is 32.8 Å². The third-order valence-corrected chi connectivity index (χ3v) is 6.52. The lowest BCUT2D eigenvalue weighted by molar-refractivity contribution is 0.232. The van der Waals surface area contributed by atoms with Gasteiger partial charge in [-0.25, -0.2) is 17.5 Å². The molecular formula is C20H26ClN3O3S. The number of hydrogen-bond donors (Lipinski definition) is 2. The summed E-state index contributed by atoms with van der Waals surface area (Å²) in [5.74, 6) is 0.160. The Bertz CT molecular complexity index is 913. The molecule has 0 heterocycles. The highest BCUT2D eigenvalue weighted by atomic mass is 35.5. The molecule has 1 atom stereocenters. The maximum absolute atomic E-state index is 12.5. The lowest BCUT2D eigenvalue weighted by Crippen LogP contribution is -2.39. The maximum Gasteiger partial charge on any atom is 0.315 e. The van der Waals surface area contributed by atoms with Gasteiger partial charge in [0.25, 0.3) is 0 Å². The normalized spacial score (nSPS) is 12.8. The zero-order chi connectivity index (χ0) is 20.9. The summed E-state index contributed by atoms with van der Waals surface area (Å²) in [5, 5.41) is 6.34. The van der Waals surface area contributed by atoms with E-state index in [1.807, 2.05) is 26.0 Å². The van der Waals surface area contributed by atoms with Crippen molar-refractivity contribution in [2.75, 3.05) is 14.1 Å². The van der Waals surface area contributed by atoms with Gasteiger partial charge in [0.15, 0.2) is 0 Å². The molecule has 0 aliphatic carbocycles. The van der Waals surface area contributed by atoms with Crippen molar-refractivity contribution >= 4 is 27.7 Å². The van der Waals surface area contributed by atoms with E-state index in [4.69, 9.17) is 11.6 Å². The monoisotopic (exact) mass is 423 g/mol. The summed E-state index contributed by atoms with van der Waals surface area (Å²) in [5.41, 5.74) is 1.48. The predicted molar refractivity (Wildman–Crippen MR) is 112 cm³/mol. The van der Waals surface area contributed by atoms with Gasteiger partial charge in [-0.1, -0.05) is 55.8 Å². The van der Waals surface area contributed by atoms with E-state index in [1.54, 1.807) is 30.3 Å². The number of amides is 2. The number of nitrogens with zero attached hydrogens (tertiary/aromatic N) is 1. The van der Waals surface area contributed by atoms with E-state index in [-0.39, 0.29) is 29.4 Å². The molecule has 0 radical (unpaired) electrons. The van der Waals surface area contributed by atoms with Crippen molar-refractivity contribution < 1.29 is 13.2 Å². The van der Waals surface area contributed by atoms with Crippen LogP contribution in [0.3, 0.4) is 0 Å². The average Bonchev–Trinajstić information content (AvgIpc) is 2.65. The molecule has 2 N–H and O–H groups in total. The molecule has 6 nitrogen and oxygen atoms in total. The summed E-state index contributed by atoms with van der Waals surface area (Å²) in [6, 6.07) is 13.4. The minimum absolute atomic E-state index is 0.0977. The van der Waals surface area contributed by atoms with Crippen molar-refractivity contribution in [3.63, 3.8) is 0 Å². The number of sulfonamides is 1. The molecule has 0 saturated heterocycles. The van der Waals surface area contributed by atoms with Crippen LogP contribution in [-0.2, 0) is 16.6 Å². The Kier molecular flexibility index (Phi) is 7.46. The van der Waals surface area contributed by atoms with Gasteiger partial charge in [-0.2, -0.15) is 0 Å². The van der Waals surface area contributed by atoms with Gasteiger partial charge in [-0.15, -0.1) is 0 Å². The second-order valence-corrected chi connectivity index (χ2v) is 9.55. The van der Waals surface area contributed by atoms with Crippen LogP contribution in [0.15, 0.2) is 53.4 Å². The number of urea groups is 1. The molecule has 2 aromatic rings. The molecule has 0 aliphatic rings. The van der Waals surface area contributed by atoms with Gasteiger partial charge in [0, 0.05) is 25.7 Å². The van der Waals surface area contributed by atoms with Crippen molar-refractivity contribution in [2.24, 2.45) is 5.92 Å². The number of benzene rings is 2. The Hall–Kier alpha value is -2.09. The lowest BCUT2D eigenvalue weighted by atomic mass is 9.96. The van der Waals surface area contributed by atoms with Crippen molar-refractivity contribution in [3.05, 3.63) is 64.7 Å². The maximum atomic E-state index is 12.5. The first-order chi connectivity index (χ1) is 13.1. The van der Waals surface area contributed by atoms with E-state index in [2.05, 4.69) is 10.6 Å². The fourth-order valence-electron chi connectivity index (χ4n) is 2.77. The van der Waals surface area contributed by atoms with Crippen LogP contribution in [0.4, 0.5) is 4.79 Å². The van der Waals surface area contributed by atoms with Crippen LogP contribution >= 0.6 is 11.6 Å². The molecule has 0 spiro atoms. The van der Waals surface area contributed by atoms with Crippen LogP contribution in [0.2, 0.25) is 5.02 Å². The summed E-state index contributed by atoms with van der Waals surface area (Å²) < 4.78 is 26.1. The minimum Gasteiger partial charge on any atom is -0.334 e. The highest BCUT2D eigenvalue weighted by molar-refractivity contribution is 7.89. The van der Waals surface area contributed by atoms with Gasteiger partial charge in [0.05, 0.1) is 10.9 Å². The molecule has 152 valence electrons. The molecule has 2 rings (SSSR count). The molecule has 2 amide bonds. The van der Waals surface area contributed by atoms with Gasteiger partial charge in [0.2, 0.25) is 10.0 Å². The Morgan fingerprint density at radius 3 is 2.25 bits per heavy atom. The van der Waals surface area contributed by atoms with Crippen molar-refractivity contribution in [1.82, 2.24) is 14.9 Å². The van der Waals surface area contributed by atoms with Crippen LogP contribution < -0.4 is 10.6 Å². The topological polar surface area (TPSA) is 78.5 Å². The van der Waals surface area contributed by atoms with E-state index < -0.39 is 10.0 Å². The Labute approximate surface area is 171 Å². The summed E-state index contributed by atoms with van der Waals surface area (Å²) in [4.78, 5) is 12.6. The summed E-state index contributed by atoms with van der Waals surface area (Å²) >= 11 is 5.94. The highest BCUT2D eigenvalue weighted by Crippen LogP contribution is 2.23. The first kappa shape index (κ1) is 22.2. The first-order valence-electron chi connectivity index (χ1n) is 8.93. The smallest absolute Gasteiger partial charge is 0.315 e. The number of hydrogen-bond acceptors (Lipinski definition) is 3.